The summed E-state index contributed by atoms with van der Waals surface area (Å²) < 4.78 is 20.9. The molecule has 7 nitrogen and oxygen atoms in total. The van der Waals surface area contributed by atoms with Crippen LogP contribution in [0.1, 0.15) is 23.6 Å². The minimum absolute atomic E-state index is 0.0287. The van der Waals surface area contributed by atoms with E-state index < -0.39 is 23.5 Å². The molecule has 1 amide bonds. The van der Waals surface area contributed by atoms with E-state index in [2.05, 4.69) is 11.6 Å². The van der Waals surface area contributed by atoms with Gasteiger partial charge in [0.1, 0.15) is 23.9 Å². The molecule has 1 aromatic heterocycles. The molecule has 0 bridgehead atoms. The Morgan fingerprint density at radius 1 is 1.12 bits per heavy atom. The first-order chi connectivity index (χ1) is 16.5. The van der Waals surface area contributed by atoms with E-state index in [0.29, 0.717) is 36.4 Å². The van der Waals surface area contributed by atoms with Gasteiger partial charge in [-0.2, -0.15) is 0 Å². The molecule has 1 atom stereocenters. The summed E-state index contributed by atoms with van der Waals surface area (Å²) in [5.74, 6) is -1.63. The molecule has 174 valence electrons. The molecule has 34 heavy (non-hydrogen) atoms. The Morgan fingerprint density at radius 2 is 1.85 bits per heavy atom. The molecule has 1 N–H and O–H groups in total. The second-order valence-corrected chi connectivity index (χ2v) is 7.82. The van der Waals surface area contributed by atoms with E-state index in [4.69, 9.17) is 4.74 Å². The van der Waals surface area contributed by atoms with Gasteiger partial charge < -0.3 is 19.3 Å². The summed E-state index contributed by atoms with van der Waals surface area (Å²) in [4.78, 5) is 31.5. The molecule has 2 aromatic carbocycles. The van der Waals surface area contributed by atoms with E-state index in [1.54, 1.807) is 42.9 Å². The number of benzene rings is 2. The highest BCUT2D eigenvalue weighted by Crippen LogP contribution is 2.39. The molecule has 0 radical (unpaired) electrons. The number of carbonyl (C=O) groups excluding carboxylic acids is 2. The Balaban J connectivity index is 1.68. The normalized spacial score (nSPS) is 17.2. The summed E-state index contributed by atoms with van der Waals surface area (Å²) in [5, 5.41) is 11.1. The van der Waals surface area contributed by atoms with Gasteiger partial charge in [-0.3, -0.25) is 9.59 Å². The van der Waals surface area contributed by atoms with Gasteiger partial charge in [0, 0.05) is 31.0 Å². The summed E-state index contributed by atoms with van der Waals surface area (Å²) in [5.41, 5.74) is 0.879. The first-order valence-corrected chi connectivity index (χ1v) is 10.8. The van der Waals surface area contributed by atoms with Crippen LogP contribution in [0.3, 0.4) is 0 Å². The van der Waals surface area contributed by atoms with Gasteiger partial charge in [0.05, 0.1) is 17.9 Å². The van der Waals surface area contributed by atoms with Gasteiger partial charge in [0.2, 0.25) is 0 Å². The number of amides is 1. The number of Topliss-reactive ketones (excluding diaryl/α,β-unsaturated/α-hetero) is 1. The SMILES string of the molecule is C=CCOc1ccc(/C(O)=C2\C(=O)C(=O)N(CCCn3ccnc3)[C@@H]2c2ccc(F)cc2)cc1. The van der Waals surface area contributed by atoms with Crippen LogP contribution in [-0.4, -0.2) is 44.4 Å². The monoisotopic (exact) mass is 461 g/mol. The predicted octanol–water partition coefficient (Wildman–Crippen LogP) is 4.10. The van der Waals surface area contributed by atoms with Crippen molar-refractivity contribution in [2.75, 3.05) is 13.2 Å². The van der Waals surface area contributed by atoms with Crippen LogP contribution in [0.2, 0.25) is 0 Å². The van der Waals surface area contributed by atoms with Crippen molar-refractivity contribution in [2.45, 2.75) is 19.0 Å². The van der Waals surface area contributed by atoms with Crippen LogP contribution >= 0.6 is 0 Å². The van der Waals surface area contributed by atoms with Gasteiger partial charge in [-0.05, 0) is 48.4 Å². The van der Waals surface area contributed by atoms with Gasteiger partial charge in [0.25, 0.3) is 11.7 Å². The molecule has 0 spiro atoms. The number of halogens is 1. The average molecular weight is 461 g/mol. The number of hydrogen-bond acceptors (Lipinski definition) is 5. The van der Waals surface area contributed by atoms with Crippen molar-refractivity contribution in [2.24, 2.45) is 0 Å². The van der Waals surface area contributed by atoms with Crippen molar-refractivity contribution in [3.63, 3.8) is 0 Å². The number of aromatic nitrogens is 2. The second-order valence-electron chi connectivity index (χ2n) is 7.82. The fourth-order valence-corrected chi connectivity index (χ4v) is 3.96. The van der Waals surface area contributed by atoms with E-state index >= 15 is 0 Å². The smallest absolute Gasteiger partial charge is 0.295 e. The summed E-state index contributed by atoms with van der Waals surface area (Å²) >= 11 is 0. The Labute approximate surface area is 196 Å². The number of ether oxygens (including phenoxy) is 1. The van der Waals surface area contributed by atoms with Crippen molar-refractivity contribution in [1.82, 2.24) is 14.5 Å². The molecule has 1 aliphatic heterocycles. The van der Waals surface area contributed by atoms with E-state index in [9.17, 15) is 19.1 Å². The number of rotatable bonds is 9. The maximum Gasteiger partial charge on any atom is 0.295 e. The minimum Gasteiger partial charge on any atom is -0.507 e. The average Bonchev–Trinajstić information content (AvgIpc) is 3.45. The van der Waals surface area contributed by atoms with Gasteiger partial charge in [-0.15, -0.1) is 0 Å². The van der Waals surface area contributed by atoms with Gasteiger partial charge in [-0.25, -0.2) is 9.37 Å². The number of carbonyl (C=O) groups is 2. The third-order valence-electron chi connectivity index (χ3n) is 5.60. The third kappa shape index (κ3) is 4.76. The van der Waals surface area contributed by atoms with E-state index in [1.165, 1.54) is 29.2 Å². The molecule has 4 rings (SSSR count). The van der Waals surface area contributed by atoms with E-state index in [0.717, 1.165) is 0 Å². The minimum atomic E-state index is -0.833. The Kier molecular flexibility index (Phi) is 6.87. The maximum absolute atomic E-state index is 13.6. The van der Waals surface area contributed by atoms with Crippen molar-refractivity contribution in [3.8, 4) is 5.75 Å². The molecule has 0 unspecified atom stereocenters. The maximum atomic E-state index is 13.6. The summed E-state index contributed by atoms with van der Waals surface area (Å²) in [6.07, 6.45) is 7.34. The third-order valence-corrected chi connectivity index (χ3v) is 5.60. The van der Waals surface area contributed by atoms with Gasteiger partial charge in [-0.1, -0.05) is 24.8 Å². The topological polar surface area (TPSA) is 84.7 Å². The van der Waals surface area contributed by atoms with Crippen LogP contribution in [0.5, 0.6) is 5.75 Å². The number of aliphatic hydroxyl groups is 1. The molecule has 1 saturated heterocycles. The number of ketones is 1. The molecule has 1 fully saturated rings. The lowest BCUT2D eigenvalue weighted by molar-refractivity contribution is -0.139. The Bertz CT molecular complexity index is 1200. The highest BCUT2D eigenvalue weighted by molar-refractivity contribution is 6.46. The lowest BCUT2D eigenvalue weighted by Crippen LogP contribution is -2.31. The largest absolute Gasteiger partial charge is 0.507 e. The predicted molar refractivity (Wildman–Crippen MR) is 124 cm³/mol. The van der Waals surface area contributed by atoms with Crippen LogP contribution in [0.4, 0.5) is 4.39 Å². The van der Waals surface area contributed by atoms with E-state index in [-0.39, 0.29) is 17.9 Å². The van der Waals surface area contributed by atoms with Crippen molar-refractivity contribution < 1.29 is 23.8 Å². The zero-order valence-electron chi connectivity index (χ0n) is 18.4. The number of imidazole rings is 1. The lowest BCUT2D eigenvalue weighted by Gasteiger charge is -2.25. The van der Waals surface area contributed by atoms with Crippen LogP contribution in [-0.2, 0) is 16.1 Å². The standard InChI is InChI=1S/C26H24FN3O4/c1-2-16-34-21-10-6-19(7-11-21)24(31)22-23(18-4-8-20(27)9-5-18)30(26(33)25(22)32)14-3-13-29-15-12-28-17-29/h2,4-12,15,17,23,31H,1,3,13-14,16H2/b24-22+/t23-/m1/s1. The summed E-state index contributed by atoms with van der Waals surface area (Å²) in [6, 6.07) is 11.3. The zero-order chi connectivity index (χ0) is 24.1. The van der Waals surface area contributed by atoms with Crippen molar-refractivity contribution in [1.29, 1.82) is 0 Å². The fraction of sp³-hybridized carbons (Fsp3) is 0.192. The van der Waals surface area contributed by atoms with E-state index in [1.807, 2.05) is 10.8 Å². The number of aliphatic hydroxyl groups excluding tert-OH is 1. The Hall–Kier alpha value is -4.20. The molecule has 1 aliphatic rings. The lowest BCUT2D eigenvalue weighted by atomic mass is 9.95. The molecule has 2 heterocycles. The molecule has 0 saturated carbocycles. The van der Waals surface area contributed by atoms with Gasteiger partial charge >= 0.3 is 0 Å². The van der Waals surface area contributed by atoms with Crippen LogP contribution in [0.15, 0.2) is 85.5 Å². The van der Waals surface area contributed by atoms with Crippen molar-refractivity contribution >= 4 is 17.4 Å². The molecular weight excluding hydrogens is 437 g/mol. The number of hydrogen-bond donors (Lipinski definition) is 1. The molecule has 3 aromatic rings. The molecule has 0 aliphatic carbocycles. The van der Waals surface area contributed by atoms with Crippen LogP contribution in [0, 0.1) is 5.82 Å². The zero-order valence-corrected chi connectivity index (χ0v) is 18.4. The highest BCUT2D eigenvalue weighted by atomic mass is 19.1. The second kappa shape index (κ2) is 10.2. The fourth-order valence-electron chi connectivity index (χ4n) is 3.96. The van der Waals surface area contributed by atoms with Crippen LogP contribution < -0.4 is 4.74 Å². The summed E-state index contributed by atoms with van der Waals surface area (Å²) in [6.45, 7) is 4.81. The highest BCUT2D eigenvalue weighted by Gasteiger charge is 2.45. The first kappa shape index (κ1) is 23.0. The number of aryl methyl sites for hydroxylation is 1. The Morgan fingerprint density at radius 3 is 2.50 bits per heavy atom. The number of nitrogens with zero attached hydrogens (tertiary/aromatic N) is 3. The molecule has 8 heteroatoms. The van der Waals surface area contributed by atoms with Crippen molar-refractivity contribution in [3.05, 3.63) is 102 Å². The van der Waals surface area contributed by atoms with Gasteiger partial charge in [0.15, 0.2) is 0 Å². The van der Waals surface area contributed by atoms with Crippen LogP contribution in [0.25, 0.3) is 5.76 Å². The quantitative estimate of drug-likeness (QED) is 0.225. The first-order valence-electron chi connectivity index (χ1n) is 10.8. The summed E-state index contributed by atoms with van der Waals surface area (Å²) in [7, 11) is 0. The molecular formula is C26H24FN3O4. The number of likely N-dealkylation sites (tertiary alicyclic amines) is 1.